The summed E-state index contributed by atoms with van der Waals surface area (Å²) in [6.07, 6.45) is 4.31. The van der Waals surface area contributed by atoms with Gasteiger partial charge in [-0.15, -0.1) is 0 Å². The summed E-state index contributed by atoms with van der Waals surface area (Å²) in [4.78, 5) is 37.2. The first-order valence-electron chi connectivity index (χ1n) is 13.5. The minimum absolute atomic E-state index is 0.00822. The number of nitrogens with two attached hydrogens (primary N) is 2. The Morgan fingerprint density at radius 3 is 1.51 bits per heavy atom. The van der Waals surface area contributed by atoms with Crippen molar-refractivity contribution in [3.05, 3.63) is 59.7 Å². The van der Waals surface area contributed by atoms with E-state index in [0.29, 0.717) is 62.7 Å². The van der Waals surface area contributed by atoms with E-state index in [2.05, 4.69) is 0 Å². The molecule has 7 N–H and O–H groups in total. The molecule has 222 valence electrons. The second-order valence-electron chi connectivity index (χ2n) is 9.44. The van der Waals surface area contributed by atoms with Gasteiger partial charge in [-0.1, -0.05) is 12.8 Å². The van der Waals surface area contributed by atoms with Crippen LogP contribution in [0.2, 0.25) is 0 Å². The first kappa shape index (κ1) is 32.6. The van der Waals surface area contributed by atoms with Gasteiger partial charge in [-0.05, 0) is 67.8 Å². The number of benzene rings is 2. The van der Waals surface area contributed by atoms with Gasteiger partial charge < -0.3 is 35.8 Å². The van der Waals surface area contributed by atoms with Crippen molar-refractivity contribution in [2.75, 3.05) is 39.4 Å². The lowest BCUT2D eigenvalue weighted by Gasteiger charge is -2.33. The molecule has 0 aliphatic carbocycles. The maximum atomic E-state index is 12.5. The fourth-order valence-corrected chi connectivity index (χ4v) is 4.00. The number of nitrogen functional groups attached to an aromatic ring is 2. The number of hydrogen-bond donors (Lipinski definition) is 5. The molecule has 1 fully saturated rings. The van der Waals surface area contributed by atoms with Crippen LogP contribution in [0.25, 0.3) is 0 Å². The molecule has 0 aromatic heterocycles. The minimum atomic E-state index is -0.833. The third-order valence-corrected chi connectivity index (χ3v) is 6.16. The second-order valence-corrected chi connectivity index (χ2v) is 9.44. The van der Waals surface area contributed by atoms with E-state index in [1.54, 1.807) is 58.3 Å². The van der Waals surface area contributed by atoms with Gasteiger partial charge in [-0.2, -0.15) is 0 Å². The van der Waals surface area contributed by atoms with Crippen LogP contribution in [0.3, 0.4) is 0 Å². The Morgan fingerprint density at radius 2 is 1.10 bits per heavy atom. The van der Waals surface area contributed by atoms with Crippen LogP contribution < -0.4 is 20.9 Å². The molecular formula is C29H40N6O6. The van der Waals surface area contributed by atoms with Crippen molar-refractivity contribution in [3.63, 3.8) is 0 Å². The van der Waals surface area contributed by atoms with Crippen LogP contribution in [0.1, 0.15) is 50.2 Å². The number of rotatable bonds is 15. The Balaban J connectivity index is 0.00000138. The second kappa shape index (κ2) is 17.2. The Morgan fingerprint density at radius 1 is 0.732 bits per heavy atom. The lowest BCUT2D eigenvalue weighted by molar-refractivity contribution is -0.156. The third-order valence-electron chi connectivity index (χ3n) is 6.16. The van der Waals surface area contributed by atoms with Crippen LogP contribution in [-0.2, 0) is 14.4 Å². The molecule has 0 atom stereocenters. The van der Waals surface area contributed by atoms with Crippen LogP contribution in [0.15, 0.2) is 48.5 Å². The minimum Gasteiger partial charge on any atom is -0.494 e. The summed E-state index contributed by atoms with van der Waals surface area (Å²) in [6.45, 7) is 4.26. The smallest absolute Gasteiger partial charge is 0.312 e. The van der Waals surface area contributed by atoms with Gasteiger partial charge in [-0.3, -0.25) is 25.2 Å². The van der Waals surface area contributed by atoms with E-state index in [1.165, 1.54) is 0 Å². The Bertz CT molecular complexity index is 1160. The van der Waals surface area contributed by atoms with Crippen molar-refractivity contribution in [1.82, 2.24) is 9.80 Å². The summed E-state index contributed by atoms with van der Waals surface area (Å²) in [5, 5.41) is 22.2. The standard InChI is InChI=1S/C27H36N6O4.C2H4O2/c28-24(29)20-6-10-22(11-7-20)36-18-4-2-1-3-14-32-16-17-33(27(35)26(32)34)15-5-19-37-23-12-8-21(9-13-23)25(30)31;1-2(3)4/h6-13H,1-5,14-19H2,(H3,28,29)(H3,30,31);1H3,(H,3,4). The van der Waals surface area contributed by atoms with Gasteiger partial charge in [0.1, 0.15) is 23.2 Å². The van der Waals surface area contributed by atoms with Gasteiger partial charge in [-0.25, -0.2) is 0 Å². The van der Waals surface area contributed by atoms with E-state index in [9.17, 15) is 9.59 Å². The topological polar surface area (TPSA) is 196 Å². The highest BCUT2D eigenvalue weighted by Crippen LogP contribution is 2.14. The molecule has 3 rings (SSSR count). The summed E-state index contributed by atoms with van der Waals surface area (Å²) in [7, 11) is 0. The van der Waals surface area contributed by atoms with E-state index in [1.807, 2.05) is 0 Å². The summed E-state index contributed by atoms with van der Waals surface area (Å²) < 4.78 is 11.4. The maximum absolute atomic E-state index is 12.5. The lowest BCUT2D eigenvalue weighted by atomic mass is 10.1. The van der Waals surface area contributed by atoms with Crippen molar-refractivity contribution >= 4 is 29.5 Å². The molecule has 2 aromatic rings. The summed E-state index contributed by atoms with van der Waals surface area (Å²) in [5.41, 5.74) is 12.2. The van der Waals surface area contributed by atoms with Gasteiger partial charge in [0, 0.05) is 44.2 Å². The van der Waals surface area contributed by atoms with Gasteiger partial charge in [0.05, 0.1) is 13.2 Å². The molecule has 41 heavy (non-hydrogen) atoms. The van der Waals surface area contributed by atoms with E-state index < -0.39 is 17.8 Å². The molecule has 1 aliphatic rings. The molecule has 0 unspecified atom stereocenters. The number of carbonyl (C=O) groups excluding carboxylic acids is 2. The number of carbonyl (C=O) groups is 3. The molecule has 12 nitrogen and oxygen atoms in total. The molecule has 1 saturated heterocycles. The zero-order valence-electron chi connectivity index (χ0n) is 23.4. The molecule has 2 aromatic carbocycles. The normalized spacial score (nSPS) is 12.8. The van der Waals surface area contributed by atoms with E-state index >= 15 is 0 Å². The number of hydrogen-bond acceptors (Lipinski definition) is 7. The number of nitrogens with one attached hydrogen (secondary N) is 2. The maximum Gasteiger partial charge on any atom is 0.312 e. The zero-order valence-corrected chi connectivity index (χ0v) is 23.4. The largest absolute Gasteiger partial charge is 0.494 e. The first-order valence-corrected chi connectivity index (χ1v) is 13.5. The van der Waals surface area contributed by atoms with E-state index in [-0.39, 0.29) is 11.7 Å². The fraction of sp³-hybridized carbons (Fsp3) is 0.414. The molecule has 1 heterocycles. The fourth-order valence-electron chi connectivity index (χ4n) is 4.00. The average molecular weight is 569 g/mol. The molecular weight excluding hydrogens is 528 g/mol. The number of amidine groups is 2. The third kappa shape index (κ3) is 12.0. The van der Waals surface area contributed by atoms with Crippen LogP contribution in [0, 0.1) is 10.8 Å². The highest BCUT2D eigenvalue weighted by Gasteiger charge is 2.31. The van der Waals surface area contributed by atoms with Crippen molar-refractivity contribution in [3.8, 4) is 11.5 Å². The molecule has 1 aliphatic heterocycles. The van der Waals surface area contributed by atoms with Gasteiger partial charge >= 0.3 is 11.8 Å². The number of nitrogens with zero attached hydrogens (tertiary/aromatic N) is 2. The number of carboxylic acids is 1. The number of piperazine rings is 1. The quantitative estimate of drug-likeness (QED) is 0.0934. The van der Waals surface area contributed by atoms with Crippen LogP contribution in [0.4, 0.5) is 0 Å². The predicted molar refractivity (Wildman–Crippen MR) is 155 cm³/mol. The highest BCUT2D eigenvalue weighted by molar-refractivity contribution is 6.35. The number of carboxylic acid groups (broad SMARTS) is 1. The molecule has 0 saturated carbocycles. The van der Waals surface area contributed by atoms with Crippen molar-refractivity contribution in [2.45, 2.75) is 39.0 Å². The number of amides is 2. The lowest BCUT2D eigenvalue weighted by Crippen LogP contribution is -2.54. The average Bonchev–Trinajstić information content (AvgIpc) is 2.94. The molecule has 0 radical (unpaired) electrons. The molecule has 0 spiro atoms. The Labute approximate surface area is 240 Å². The molecule has 2 amide bonds. The Kier molecular flexibility index (Phi) is 13.6. The van der Waals surface area contributed by atoms with Crippen LogP contribution in [0.5, 0.6) is 11.5 Å². The van der Waals surface area contributed by atoms with Gasteiger partial charge in [0.15, 0.2) is 0 Å². The molecule has 0 bridgehead atoms. The highest BCUT2D eigenvalue weighted by atomic mass is 16.5. The summed E-state index contributed by atoms with van der Waals surface area (Å²) in [5.74, 6) is -0.235. The number of aliphatic carboxylic acids is 1. The van der Waals surface area contributed by atoms with Gasteiger partial charge in [0.25, 0.3) is 5.97 Å². The van der Waals surface area contributed by atoms with Crippen molar-refractivity contribution in [1.29, 1.82) is 10.8 Å². The van der Waals surface area contributed by atoms with Gasteiger partial charge in [0.2, 0.25) is 0 Å². The summed E-state index contributed by atoms with van der Waals surface area (Å²) in [6, 6.07) is 14.1. The molecule has 12 heteroatoms. The van der Waals surface area contributed by atoms with Crippen molar-refractivity contribution in [2.24, 2.45) is 11.5 Å². The monoisotopic (exact) mass is 568 g/mol. The van der Waals surface area contributed by atoms with Crippen LogP contribution in [-0.4, -0.2) is 83.8 Å². The van der Waals surface area contributed by atoms with E-state index in [4.69, 9.17) is 41.7 Å². The summed E-state index contributed by atoms with van der Waals surface area (Å²) >= 11 is 0. The number of unbranched alkanes of at least 4 members (excludes halogenated alkanes) is 3. The number of ether oxygens (including phenoxy) is 2. The SMILES string of the molecule is CC(=O)O.N=C(N)c1ccc(OCCCCCCN2CCN(CCCOc3ccc(C(=N)N)cc3)C(=O)C2=O)cc1. The van der Waals surface area contributed by atoms with Crippen molar-refractivity contribution < 1.29 is 29.0 Å². The first-order chi connectivity index (χ1) is 19.6. The Hall–Kier alpha value is -4.61. The van der Waals surface area contributed by atoms with E-state index in [0.717, 1.165) is 38.4 Å². The predicted octanol–water partition coefficient (Wildman–Crippen LogP) is 2.42. The zero-order chi connectivity index (χ0) is 30.2. The van der Waals surface area contributed by atoms with Crippen LogP contribution >= 0.6 is 0 Å².